The summed E-state index contributed by atoms with van der Waals surface area (Å²) in [6.07, 6.45) is 6.04. The summed E-state index contributed by atoms with van der Waals surface area (Å²) in [6, 6.07) is 10.3. The average molecular weight is 293 g/mol. The normalized spacial score (nSPS) is 28.3. The van der Waals surface area contributed by atoms with Gasteiger partial charge in [-0.25, -0.2) is 0 Å². The smallest absolute Gasteiger partial charge is 0.323 e. The van der Waals surface area contributed by atoms with Crippen LogP contribution in [0.15, 0.2) is 30.3 Å². The van der Waals surface area contributed by atoms with Gasteiger partial charge in [0.05, 0.1) is 0 Å². The van der Waals surface area contributed by atoms with Gasteiger partial charge in [0.15, 0.2) is 0 Å². The number of esters is 1. The third-order valence-corrected chi connectivity index (χ3v) is 4.37. The van der Waals surface area contributed by atoms with Crippen LogP contribution in [-0.4, -0.2) is 18.1 Å². The number of carbonyl (C=O) groups excluding carboxylic acids is 1. The second kappa shape index (κ2) is 7.14. The Morgan fingerprint density at radius 1 is 1.20 bits per heavy atom. The molecule has 3 rings (SSSR count). The summed E-state index contributed by atoms with van der Waals surface area (Å²) in [4.78, 5) is 12.1. The molecule has 0 bridgehead atoms. The van der Waals surface area contributed by atoms with Gasteiger partial charge in [-0.2, -0.15) is 13.5 Å². The number of ether oxygens (including phenoxy) is 1. The number of hydrogen-bond donors (Lipinski definition) is 1. The molecule has 1 saturated carbocycles. The lowest BCUT2D eigenvalue weighted by Crippen LogP contribution is -2.37. The molecule has 4 heteroatoms. The van der Waals surface area contributed by atoms with Gasteiger partial charge >= 0.3 is 5.97 Å². The van der Waals surface area contributed by atoms with Gasteiger partial charge in [-0.05, 0) is 30.7 Å². The van der Waals surface area contributed by atoms with Gasteiger partial charge in [0.25, 0.3) is 0 Å². The van der Waals surface area contributed by atoms with E-state index >= 15 is 0 Å². The van der Waals surface area contributed by atoms with Crippen molar-refractivity contribution in [2.75, 3.05) is 0 Å². The van der Waals surface area contributed by atoms with Gasteiger partial charge < -0.3 is 10.1 Å². The standard InChI is InChI=1S/C16H21NO2.H2S/c18-16(19-11-12-6-2-1-3-7-12)15-10-13-8-4-5-9-14(13)17-15;/h1-3,6-7,13-15,17H,4-5,8-11H2;1H2/t13?,14?,15-;/m1./s1. The number of rotatable bonds is 3. The molecule has 3 nitrogen and oxygen atoms in total. The van der Waals surface area contributed by atoms with Crippen LogP contribution >= 0.6 is 13.5 Å². The maximum atomic E-state index is 12.1. The minimum absolute atomic E-state index is 0. The molecular weight excluding hydrogens is 270 g/mol. The first-order valence-corrected chi connectivity index (χ1v) is 7.29. The lowest BCUT2D eigenvalue weighted by atomic mass is 9.85. The predicted octanol–water partition coefficient (Wildman–Crippen LogP) is 2.76. The van der Waals surface area contributed by atoms with Gasteiger partial charge in [0.1, 0.15) is 12.6 Å². The molecule has 2 aliphatic rings. The second-order valence-electron chi connectivity index (χ2n) is 5.70. The van der Waals surface area contributed by atoms with Crippen LogP contribution in [0, 0.1) is 5.92 Å². The van der Waals surface area contributed by atoms with E-state index in [1.807, 2.05) is 30.3 Å². The SMILES string of the molecule is O=C(OCc1ccccc1)[C@H]1CC2CCCCC2N1.S. The molecule has 1 heterocycles. The first-order valence-electron chi connectivity index (χ1n) is 7.29. The van der Waals surface area contributed by atoms with Crippen molar-refractivity contribution in [3.63, 3.8) is 0 Å². The molecule has 1 aromatic rings. The van der Waals surface area contributed by atoms with E-state index in [4.69, 9.17) is 4.74 Å². The summed E-state index contributed by atoms with van der Waals surface area (Å²) in [5.74, 6) is 0.598. The summed E-state index contributed by atoms with van der Waals surface area (Å²) in [5, 5.41) is 3.45. The van der Waals surface area contributed by atoms with Crippen molar-refractivity contribution >= 4 is 19.5 Å². The Hall–Kier alpha value is -1.00. The first kappa shape index (κ1) is 15.4. The zero-order valence-corrected chi connectivity index (χ0v) is 12.7. The van der Waals surface area contributed by atoms with Crippen molar-refractivity contribution < 1.29 is 9.53 Å². The highest BCUT2D eigenvalue weighted by molar-refractivity contribution is 7.59. The minimum Gasteiger partial charge on any atom is -0.460 e. The van der Waals surface area contributed by atoms with Crippen LogP contribution in [0.3, 0.4) is 0 Å². The van der Waals surface area contributed by atoms with Crippen LogP contribution in [0.4, 0.5) is 0 Å². The van der Waals surface area contributed by atoms with E-state index < -0.39 is 0 Å². The van der Waals surface area contributed by atoms with E-state index in [0.29, 0.717) is 18.6 Å². The molecule has 1 aliphatic carbocycles. The fourth-order valence-electron chi connectivity index (χ4n) is 3.33. The molecule has 1 N–H and O–H groups in total. The highest BCUT2D eigenvalue weighted by atomic mass is 32.1. The first-order chi connectivity index (χ1) is 9.33. The Morgan fingerprint density at radius 3 is 2.70 bits per heavy atom. The molecule has 20 heavy (non-hydrogen) atoms. The Labute approximate surface area is 127 Å². The lowest BCUT2D eigenvalue weighted by Gasteiger charge is -2.24. The van der Waals surface area contributed by atoms with E-state index in [9.17, 15) is 4.79 Å². The molecule has 3 atom stereocenters. The Balaban J connectivity index is 0.00000147. The molecular formula is C16H23NO2S. The van der Waals surface area contributed by atoms with Crippen molar-refractivity contribution in [3.8, 4) is 0 Å². The second-order valence-corrected chi connectivity index (χ2v) is 5.70. The molecule has 1 aromatic carbocycles. The van der Waals surface area contributed by atoms with Crippen LogP contribution in [0.2, 0.25) is 0 Å². The monoisotopic (exact) mass is 293 g/mol. The van der Waals surface area contributed by atoms with Crippen molar-refractivity contribution in [2.24, 2.45) is 5.92 Å². The summed E-state index contributed by atoms with van der Waals surface area (Å²) >= 11 is 0. The summed E-state index contributed by atoms with van der Waals surface area (Å²) in [5.41, 5.74) is 1.05. The maximum absolute atomic E-state index is 12.1. The van der Waals surface area contributed by atoms with E-state index in [0.717, 1.165) is 12.0 Å². The van der Waals surface area contributed by atoms with Crippen LogP contribution < -0.4 is 5.32 Å². The molecule has 0 radical (unpaired) electrons. The maximum Gasteiger partial charge on any atom is 0.323 e. The quantitative estimate of drug-likeness (QED) is 0.871. The molecule has 2 fully saturated rings. The van der Waals surface area contributed by atoms with Crippen molar-refractivity contribution in [1.29, 1.82) is 0 Å². The van der Waals surface area contributed by atoms with Crippen LogP contribution in [0.5, 0.6) is 0 Å². The van der Waals surface area contributed by atoms with Crippen molar-refractivity contribution in [2.45, 2.75) is 50.8 Å². The predicted molar refractivity (Wildman–Crippen MR) is 83.9 cm³/mol. The van der Waals surface area contributed by atoms with Gasteiger partial charge in [-0.15, -0.1) is 0 Å². The largest absolute Gasteiger partial charge is 0.460 e. The zero-order chi connectivity index (χ0) is 13.1. The summed E-state index contributed by atoms with van der Waals surface area (Å²) in [7, 11) is 0. The topological polar surface area (TPSA) is 38.3 Å². The van der Waals surface area contributed by atoms with Crippen molar-refractivity contribution in [3.05, 3.63) is 35.9 Å². The van der Waals surface area contributed by atoms with Gasteiger partial charge in [0, 0.05) is 6.04 Å². The molecule has 110 valence electrons. The van der Waals surface area contributed by atoms with Crippen LogP contribution in [-0.2, 0) is 16.1 Å². The number of hydrogen-bond acceptors (Lipinski definition) is 3. The van der Waals surface area contributed by atoms with Crippen molar-refractivity contribution in [1.82, 2.24) is 5.32 Å². The third-order valence-electron chi connectivity index (χ3n) is 4.37. The molecule has 1 saturated heterocycles. The van der Waals surface area contributed by atoms with E-state index in [1.165, 1.54) is 25.7 Å². The number of carbonyl (C=O) groups is 1. The number of benzene rings is 1. The van der Waals surface area contributed by atoms with Gasteiger partial charge in [0.2, 0.25) is 0 Å². The van der Waals surface area contributed by atoms with Crippen LogP contribution in [0.25, 0.3) is 0 Å². The summed E-state index contributed by atoms with van der Waals surface area (Å²) in [6.45, 7) is 0.382. The molecule has 0 spiro atoms. The molecule has 1 aliphatic heterocycles. The lowest BCUT2D eigenvalue weighted by molar-refractivity contribution is -0.147. The fraction of sp³-hybridized carbons (Fsp3) is 0.562. The van der Waals surface area contributed by atoms with Gasteiger partial charge in [-0.3, -0.25) is 4.79 Å². The Bertz CT molecular complexity index is 423. The highest BCUT2D eigenvalue weighted by Crippen LogP contribution is 2.33. The Morgan fingerprint density at radius 2 is 1.95 bits per heavy atom. The molecule has 0 aromatic heterocycles. The van der Waals surface area contributed by atoms with Gasteiger partial charge in [-0.1, -0.05) is 43.2 Å². The molecule has 0 amide bonds. The summed E-state index contributed by atoms with van der Waals surface area (Å²) < 4.78 is 5.42. The van der Waals surface area contributed by atoms with E-state index in [1.54, 1.807) is 0 Å². The zero-order valence-electron chi connectivity index (χ0n) is 11.7. The fourth-order valence-corrected chi connectivity index (χ4v) is 3.33. The van der Waals surface area contributed by atoms with E-state index in [2.05, 4.69) is 5.32 Å². The van der Waals surface area contributed by atoms with E-state index in [-0.39, 0.29) is 25.5 Å². The average Bonchev–Trinajstić information content (AvgIpc) is 2.90. The minimum atomic E-state index is -0.0863. The number of nitrogens with one attached hydrogen (secondary N) is 1. The Kier molecular flexibility index (Phi) is 5.49. The highest BCUT2D eigenvalue weighted by Gasteiger charge is 2.38. The van der Waals surface area contributed by atoms with Crippen LogP contribution in [0.1, 0.15) is 37.7 Å². The number of fused-ring (bicyclic) bond motifs is 1. The molecule has 2 unspecified atom stereocenters. The third kappa shape index (κ3) is 3.55.